The van der Waals surface area contributed by atoms with Crippen molar-refractivity contribution in [3.05, 3.63) is 23.3 Å². The molecule has 1 rings (SSSR count). The van der Waals surface area contributed by atoms with Gasteiger partial charge in [-0.1, -0.05) is 27.7 Å². The molecule has 1 aromatic rings. The molecule has 0 saturated heterocycles. The van der Waals surface area contributed by atoms with Crippen LogP contribution in [-0.4, -0.2) is 20.8 Å². The molecule has 0 spiro atoms. The predicted molar refractivity (Wildman–Crippen MR) is 80.2 cm³/mol. The van der Waals surface area contributed by atoms with E-state index in [0.29, 0.717) is 0 Å². The molecule has 0 aliphatic heterocycles. The third-order valence-electron chi connectivity index (χ3n) is 3.20. The third kappa shape index (κ3) is 4.13. The minimum absolute atomic E-state index is 0.0793. The molecule has 3 heteroatoms. The summed E-state index contributed by atoms with van der Waals surface area (Å²) in [6.45, 7) is 10.5. The van der Waals surface area contributed by atoms with Crippen molar-refractivity contribution >= 4 is 0 Å². The summed E-state index contributed by atoms with van der Waals surface area (Å²) in [5, 5.41) is 3.40. The Bertz CT molecular complexity index is 383. The lowest BCUT2D eigenvalue weighted by molar-refractivity contribution is 0.379. The highest BCUT2D eigenvalue weighted by Crippen LogP contribution is 2.35. The maximum atomic E-state index is 5.53. The molecular weight excluding hydrogens is 238 g/mol. The molecule has 3 nitrogen and oxygen atoms in total. The van der Waals surface area contributed by atoms with Gasteiger partial charge in [-0.2, -0.15) is 0 Å². The van der Waals surface area contributed by atoms with E-state index in [1.165, 1.54) is 5.56 Å². The van der Waals surface area contributed by atoms with Crippen LogP contribution in [0.5, 0.6) is 11.5 Å². The van der Waals surface area contributed by atoms with Crippen LogP contribution in [0.4, 0.5) is 0 Å². The van der Waals surface area contributed by atoms with E-state index in [0.717, 1.165) is 36.6 Å². The Labute approximate surface area is 117 Å². The zero-order valence-electron chi connectivity index (χ0n) is 13.1. The summed E-state index contributed by atoms with van der Waals surface area (Å²) in [5.41, 5.74) is 2.39. The van der Waals surface area contributed by atoms with Gasteiger partial charge in [0.05, 0.1) is 14.2 Å². The molecule has 0 amide bonds. The fourth-order valence-corrected chi connectivity index (χ4v) is 1.98. The Morgan fingerprint density at radius 1 is 1.05 bits per heavy atom. The molecule has 0 heterocycles. The van der Waals surface area contributed by atoms with E-state index in [4.69, 9.17) is 9.47 Å². The molecule has 0 aliphatic rings. The molecule has 0 atom stereocenters. The van der Waals surface area contributed by atoms with E-state index in [2.05, 4.69) is 45.1 Å². The lowest BCUT2D eigenvalue weighted by atomic mass is 9.86. The monoisotopic (exact) mass is 265 g/mol. The molecule has 1 aromatic carbocycles. The fraction of sp³-hybridized carbons (Fsp3) is 0.625. The SMILES string of the molecule is CCCNCc1c(OC)cc(C(C)(C)C)cc1OC. The Hall–Kier alpha value is -1.22. The molecule has 0 unspecified atom stereocenters. The molecule has 0 radical (unpaired) electrons. The van der Waals surface area contributed by atoms with Gasteiger partial charge < -0.3 is 14.8 Å². The molecule has 0 bridgehead atoms. The minimum Gasteiger partial charge on any atom is -0.496 e. The van der Waals surface area contributed by atoms with Crippen LogP contribution in [-0.2, 0) is 12.0 Å². The maximum Gasteiger partial charge on any atom is 0.127 e. The molecule has 0 saturated carbocycles. The number of benzene rings is 1. The average molecular weight is 265 g/mol. The van der Waals surface area contributed by atoms with Gasteiger partial charge >= 0.3 is 0 Å². The predicted octanol–water partition coefficient (Wildman–Crippen LogP) is 3.50. The number of methoxy groups -OCH3 is 2. The summed E-state index contributed by atoms with van der Waals surface area (Å²) >= 11 is 0. The van der Waals surface area contributed by atoms with E-state index in [-0.39, 0.29) is 5.41 Å². The first-order valence-corrected chi connectivity index (χ1v) is 6.90. The van der Waals surface area contributed by atoms with E-state index < -0.39 is 0 Å². The number of ether oxygens (including phenoxy) is 2. The van der Waals surface area contributed by atoms with Gasteiger partial charge in [-0.3, -0.25) is 0 Å². The van der Waals surface area contributed by atoms with Gasteiger partial charge in [-0.05, 0) is 36.1 Å². The van der Waals surface area contributed by atoms with Gasteiger partial charge in [0.2, 0.25) is 0 Å². The lowest BCUT2D eigenvalue weighted by Crippen LogP contribution is -2.17. The first-order valence-electron chi connectivity index (χ1n) is 6.90. The van der Waals surface area contributed by atoms with E-state index in [9.17, 15) is 0 Å². The van der Waals surface area contributed by atoms with E-state index >= 15 is 0 Å². The van der Waals surface area contributed by atoms with E-state index in [1.54, 1.807) is 14.2 Å². The van der Waals surface area contributed by atoms with Gasteiger partial charge in [0, 0.05) is 12.1 Å². The Morgan fingerprint density at radius 3 is 1.95 bits per heavy atom. The molecule has 0 fully saturated rings. The largest absolute Gasteiger partial charge is 0.496 e. The molecule has 19 heavy (non-hydrogen) atoms. The van der Waals surface area contributed by atoms with Crippen LogP contribution in [0.1, 0.15) is 45.2 Å². The van der Waals surface area contributed by atoms with Crippen molar-refractivity contribution in [1.29, 1.82) is 0 Å². The quantitative estimate of drug-likeness (QED) is 0.799. The summed E-state index contributed by atoms with van der Waals surface area (Å²) in [5.74, 6) is 1.79. The first-order chi connectivity index (χ1) is 8.93. The zero-order valence-corrected chi connectivity index (χ0v) is 13.1. The maximum absolute atomic E-state index is 5.53. The third-order valence-corrected chi connectivity index (χ3v) is 3.20. The molecule has 0 aliphatic carbocycles. The number of hydrogen-bond donors (Lipinski definition) is 1. The summed E-state index contributed by atoms with van der Waals surface area (Å²) in [6.07, 6.45) is 1.12. The Balaban J connectivity index is 3.14. The highest BCUT2D eigenvalue weighted by molar-refractivity contribution is 5.49. The second kappa shape index (κ2) is 6.80. The van der Waals surface area contributed by atoms with Crippen molar-refractivity contribution in [3.63, 3.8) is 0 Å². The summed E-state index contributed by atoms with van der Waals surface area (Å²) < 4.78 is 11.1. The van der Waals surface area contributed by atoms with Gasteiger partial charge in [0.15, 0.2) is 0 Å². The molecule has 1 N–H and O–H groups in total. The first kappa shape index (κ1) is 15.8. The van der Waals surface area contributed by atoms with Gasteiger partial charge in [-0.25, -0.2) is 0 Å². The van der Waals surface area contributed by atoms with Gasteiger partial charge in [0.25, 0.3) is 0 Å². The van der Waals surface area contributed by atoms with Crippen molar-refractivity contribution < 1.29 is 9.47 Å². The molecular formula is C16H27NO2. The van der Waals surface area contributed by atoms with Crippen LogP contribution in [0.2, 0.25) is 0 Å². The van der Waals surface area contributed by atoms with E-state index in [1.807, 2.05) is 0 Å². The standard InChI is InChI=1S/C16H27NO2/c1-7-8-17-11-13-14(18-5)9-12(16(2,3)4)10-15(13)19-6/h9-10,17H,7-8,11H2,1-6H3. The zero-order chi connectivity index (χ0) is 14.5. The smallest absolute Gasteiger partial charge is 0.127 e. The van der Waals surface area contributed by atoms with Crippen LogP contribution in [0.25, 0.3) is 0 Å². The number of hydrogen-bond acceptors (Lipinski definition) is 3. The summed E-state index contributed by atoms with van der Waals surface area (Å²) in [4.78, 5) is 0. The second-order valence-corrected chi connectivity index (χ2v) is 5.79. The Kier molecular flexibility index (Phi) is 5.67. The fourth-order valence-electron chi connectivity index (χ4n) is 1.98. The number of nitrogens with one attached hydrogen (secondary N) is 1. The van der Waals surface area contributed by atoms with Crippen LogP contribution in [0.3, 0.4) is 0 Å². The molecule has 0 aromatic heterocycles. The summed E-state index contributed by atoms with van der Waals surface area (Å²) in [6, 6.07) is 4.23. The van der Waals surface area contributed by atoms with Crippen molar-refractivity contribution in [1.82, 2.24) is 5.32 Å². The van der Waals surface area contributed by atoms with Crippen molar-refractivity contribution in [2.75, 3.05) is 20.8 Å². The highest BCUT2D eigenvalue weighted by atomic mass is 16.5. The van der Waals surface area contributed by atoms with Crippen LogP contribution in [0.15, 0.2) is 12.1 Å². The normalized spacial score (nSPS) is 11.5. The van der Waals surface area contributed by atoms with Crippen LogP contribution >= 0.6 is 0 Å². The average Bonchev–Trinajstić information content (AvgIpc) is 2.37. The van der Waals surface area contributed by atoms with Crippen molar-refractivity contribution in [2.24, 2.45) is 0 Å². The molecule has 108 valence electrons. The highest BCUT2D eigenvalue weighted by Gasteiger charge is 2.19. The second-order valence-electron chi connectivity index (χ2n) is 5.79. The number of rotatable bonds is 6. The van der Waals surface area contributed by atoms with Crippen molar-refractivity contribution in [3.8, 4) is 11.5 Å². The van der Waals surface area contributed by atoms with Gasteiger partial charge in [0.1, 0.15) is 11.5 Å². The van der Waals surface area contributed by atoms with Crippen LogP contribution < -0.4 is 14.8 Å². The summed E-state index contributed by atoms with van der Waals surface area (Å²) in [7, 11) is 3.43. The van der Waals surface area contributed by atoms with Crippen LogP contribution in [0, 0.1) is 0 Å². The van der Waals surface area contributed by atoms with Gasteiger partial charge in [-0.15, -0.1) is 0 Å². The topological polar surface area (TPSA) is 30.5 Å². The Morgan fingerprint density at radius 2 is 1.58 bits per heavy atom. The minimum atomic E-state index is 0.0793. The van der Waals surface area contributed by atoms with Crippen molar-refractivity contribution in [2.45, 2.75) is 46.1 Å². The lowest BCUT2D eigenvalue weighted by Gasteiger charge is -2.23.